The molecule has 0 aliphatic heterocycles. The number of hydrogen-bond acceptors (Lipinski definition) is 3. The van der Waals surface area contributed by atoms with Crippen LogP contribution in [-0.4, -0.2) is 18.8 Å². The molecule has 3 N–H and O–H groups in total. The summed E-state index contributed by atoms with van der Waals surface area (Å²) in [5, 5.41) is 10.6. The molecule has 1 saturated carbocycles. The van der Waals surface area contributed by atoms with E-state index in [9.17, 15) is 5.11 Å². The van der Waals surface area contributed by atoms with Crippen LogP contribution in [0.4, 0.5) is 0 Å². The van der Waals surface area contributed by atoms with E-state index in [1.165, 1.54) is 19.3 Å². The Morgan fingerprint density at radius 1 is 1.35 bits per heavy atom. The molecule has 0 spiro atoms. The maximum Gasteiger partial charge on any atom is 0.162 e. The highest BCUT2D eigenvalue weighted by Gasteiger charge is 2.38. The van der Waals surface area contributed by atoms with Gasteiger partial charge in [-0.25, -0.2) is 0 Å². The molecule has 0 bridgehead atoms. The highest BCUT2D eigenvalue weighted by molar-refractivity contribution is 9.10. The molecule has 3 nitrogen and oxygen atoms in total. The first-order valence-corrected chi connectivity index (χ1v) is 8.17. The summed E-state index contributed by atoms with van der Waals surface area (Å²) in [6, 6.07) is 1.91. The van der Waals surface area contributed by atoms with E-state index < -0.39 is 0 Å². The topological polar surface area (TPSA) is 55.5 Å². The van der Waals surface area contributed by atoms with E-state index in [0.29, 0.717) is 12.3 Å². The van der Waals surface area contributed by atoms with Crippen LogP contribution in [0.1, 0.15) is 50.2 Å². The molecule has 1 aromatic carbocycles. The average molecular weight is 342 g/mol. The molecule has 1 aliphatic rings. The summed E-state index contributed by atoms with van der Waals surface area (Å²) in [6.45, 7) is 2.67. The van der Waals surface area contributed by atoms with Crippen molar-refractivity contribution in [3.63, 3.8) is 0 Å². The predicted octanol–water partition coefficient (Wildman–Crippen LogP) is 3.89. The van der Waals surface area contributed by atoms with Gasteiger partial charge >= 0.3 is 0 Å². The molecule has 4 heteroatoms. The second-order valence-electron chi connectivity index (χ2n) is 5.67. The van der Waals surface area contributed by atoms with Crippen molar-refractivity contribution >= 4 is 15.9 Å². The van der Waals surface area contributed by atoms with Crippen LogP contribution in [-0.2, 0) is 11.8 Å². The SMILES string of the molecule is CCc1cc(OC)c(O)c(C2(CN)CCCCC2)c1Br. The molecule has 1 aromatic rings. The van der Waals surface area contributed by atoms with Crippen molar-refractivity contribution in [3.05, 3.63) is 21.7 Å². The maximum atomic E-state index is 10.6. The van der Waals surface area contributed by atoms with E-state index in [1.54, 1.807) is 7.11 Å². The number of rotatable bonds is 4. The molecule has 0 atom stereocenters. The Bertz CT molecular complexity index is 454. The number of aromatic hydroxyl groups is 1. The van der Waals surface area contributed by atoms with E-state index in [1.807, 2.05) is 6.07 Å². The third kappa shape index (κ3) is 2.56. The molecule has 0 aromatic heterocycles. The van der Waals surface area contributed by atoms with Crippen LogP contribution in [0, 0.1) is 0 Å². The molecule has 1 aliphatic carbocycles. The summed E-state index contributed by atoms with van der Waals surface area (Å²) in [7, 11) is 1.60. The van der Waals surface area contributed by atoms with Crippen molar-refractivity contribution in [1.29, 1.82) is 0 Å². The molecule has 0 unspecified atom stereocenters. The second-order valence-corrected chi connectivity index (χ2v) is 6.47. The minimum absolute atomic E-state index is 0.125. The zero-order valence-electron chi connectivity index (χ0n) is 12.3. The Hall–Kier alpha value is -0.740. The molecular formula is C16H24BrNO2. The molecule has 112 valence electrons. The fourth-order valence-corrected chi connectivity index (χ4v) is 4.36. The maximum absolute atomic E-state index is 10.6. The van der Waals surface area contributed by atoms with Crippen molar-refractivity contribution < 1.29 is 9.84 Å². The number of nitrogens with two attached hydrogens (primary N) is 1. The van der Waals surface area contributed by atoms with Crippen LogP contribution in [0.15, 0.2) is 10.5 Å². The molecular weight excluding hydrogens is 318 g/mol. The molecule has 0 amide bonds. The fourth-order valence-electron chi connectivity index (χ4n) is 3.36. The molecule has 2 rings (SSSR count). The monoisotopic (exact) mass is 341 g/mol. The molecule has 0 radical (unpaired) electrons. The lowest BCUT2D eigenvalue weighted by atomic mass is 9.68. The third-order valence-electron chi connectivity index (χ3n) is 4.61. The average Bonchev–Trinajstić information content (AvgIpc) is 2.48. The summed E-state index contributed by atoms with van der Waals surface area (Å²) >= 11 is 3.70. The van der Waals surface area contributed by atoms with Gasteiger partial charge in [-0.2, -0.15) is 0 Å². The number of phenolic OH excluding ortho intramolecular Hbond substituents is 1. The third-order valence-corrected chi connectivity index (χ3v) is 5.52. The number of methoxy groups -OCH3 is 1. The fraction of sp³-hybridized carbons (Fsp3) is 0.625. The zero-order chi connectivity index (χ0) is 14.8. The number of halogens is 1. The van der Waals surface area contributed by atoms with Crippen molar-refractivity contribution in [2.75, 3.05) is 13.7 Å². The lowest BCUT2D eigenvalue weighted by Crippen LogP contribution is -2.37. The van der Waals surface area contributed by atoms with Crippen molar-refractivity contribution in [2.24, 2.45) is 5.73 Å². The molecule has 0 heterocycles. The van der Waals surface area contributed by atoms with Crippen LogP contribution in [0.5, 0.6) is 11.5 Å². The zero-order valence-corrected chi connectivity index (χ0v) is 13.9. The van der Waals surface area contributed by atoms with Crippen LogP contribution < -0.4 is 10.5 Å². The van der Waals surface area contributed by atoms with Crippen LogP contribution in [0.25, 0.3) is 0 Å². The van der Waals surface area contributed by atoms with Crippen LogP contribution in [0.3, 0.4) is 0 Å². The summed E-state index contributed by atoms with van der Waals surface area (Å²) in [6.07, 6.45) is 6.55. The quantitative estimate of drug-likeness (QED) is 0.873. The number of phenols is 1. The Morgan fingerprint density at radius 2 is 2.00 bits per heavy atom. The largest absolute Gasteiger partial charge is 0.504 e. The minimum Gasteiger partial charge on any atom is -0.504 e. The van der Waals surface area contributed by atoms with Gasteiger partial charge in [0.1, 0.15) is 0 Å². The van der Waals surface area contributed by atoms with Gasteiger partial charge in [-0.05, 0) is 30.9 Å². The van der Waals surface area contributed by atoms with Crippen LogP contribution in [0.2, 0.25) is 0 Å². The summed E-state index contributed by atoms with van der Waals surface area (Å²) in [4.78, 5) is 0. The Labute approximate surface area is 129 Å². The number of benzene rings is 1. The molecule has 20 heavy (non-hydrogen) atoms. The Balaban J connectivity index is 2.64. The Kier molecular flexibility index (Phi) is 4.97. The van der Waals surface area contributed by atoms with Gasteiger partial charge < -0.3 is 15.6 Å². The highest BCUT2D eigenvalue weighted by Crippen LogP contribution is 2.49. The van der Waals surface area contributed by atoms with E-state index in [-0.39, 0.29) is 11.2 Å². The number of ether oxygens (including phenoxy) is 1. The van der Waals surface area contributed by atoms with Gasteiger partial charge in [0.05, 0.1) is 7.11 Å². The van der Waals surface area contributed by atoms with E-state index in [4.69, 9.17) is 10.5 Å². The van der Waals surface area contributed by atoms with Gasteiger partial charge in [0.25, 0.3) is 0 Å². The van der Waals surface area contributed by atoms with Crippen molar-refractivity contribution in [1.82, 2.24) is 0 Å². The Morgan fingerprint density at radius 3 is 2.50 bits per heavy atom. The van der Waals surface area contributed by atoms with Gasteiger partial charge in [-0.1, -0.05) is 42.1 Å². The predicted molar refractivity (Wildman–Crippen MR) is 85.6 cm³/mol. The van der Waals surface area contributed by atoms with E-state index in [2.05, 4.69) is 22.9 Å². The van der Waals surface area contributed by atoms with Crippen molar-refractivity contribution in [3.8, 4) is 11.5 Å². The lowest BCUT2D eigenvalue weighted by molar-refractivity contribution is 0.284. The first-order chi connectivity index (χ1) is 9.59. The van der Waals surface area contributed by atoms with E-state index in [0.717, 1.165) is 34.9 Å². The first kappa shape index (κ1) is 15.6. The molecule has 1 fully saturated rings. The highest BCUT2D eigenvalue weighted by atomic mass is 79.9. The molecule has 0 saturated heterocycles. The van der Waals surface area contributed by atoms with Gasteiger partial charge in [-0.15, -0.1) is 0 Å². The first-order valence-electron chi connectivity index (χ1n) is 7.38. The van der Waals surface area contributed by atoms with Crippen molar-refractivity contribution in [2.45, 2.75) is 50.9 Å². The standard InChI is InChI=1S/C16H24BrNO2/c1-3-11-9-12(20-2)15(19)13(14(11)17)16(10-18)7-5-4-6-8-16/h9,19H,3-8,10,18H2,1-2H3. The van der Waals surface area contributed by atoms with Gasteiger partial charge in [-0.3, -0.25) is 0 Å². The summed E-state index contributed by atoms with van der Waals surface area (Å²) < 4.78 is 6.36. The summed E-state index contributed by atoms with van der Waals surface area (Å²) in [5.41, 5.74) is 8.11. The van der Waals surface area contributed by atoms with Crippen LogP contribution >= 0.6 is 15.9 Å². The lowest BCUT2D eigenvalue weighted by Gasteiger charge is -2.38. The number of aryl methyl sites for hydroxylation is 1. The van der Waals surface area contributed by atoms with E-state index >= 15 is 0 Å². The number of hydrogen-bond donors (Lipinski definition) is 2. The second kappa shape index (κ2) is 6.35. The minimum atomic E-state index is -0.125. The normalized spacial score (nSPS) is 18.0. The van der Waals surface area contributed by atoms with Gasteiger partial charge in [0, 0.05) is 22.0 Å². The smallest absolute Gasteiger partial charge is 0.162 e. The van der Waals surface area contributed by atoms with Gasteiger partial charge in [0.2, 0.25) is 0 Å². The van der Waals surface area contributed by atoms with Gasteiger partial charge in [0.15, 0.2) is 11.5 Å². The summed E-state index contributed by atoms with van der Waals surface area (Å²) in [5.74, 6) is 0.808.